The van der Waals surface area contributed by atoms with E-state index in [-0.39, 0.29) is 10.8 Å². The standard InChI is InChI=1S/C23H29N3O4S/c1-17(2)16-29-19-7-9-20(10-8-19)31(27,28)24-15-18-11-13-26(14-12-18)23-25-21-5-3-4-6-22(21)30-23/h3-10,17-18,24H,11-16H2,1-2H3. The zero-order valence-electron chi connectivity index (χ0n) is 18.0. The molecule has 0 radical (unpaired) electrons. The van der Waals surface area contributed by atoms with Gasteiger partial charge in [0.05, 0.1) is 11.5 Å². The average molecular weight is 444 g/mol. The van der Waals surface area contributed by atoms with Crippen molar-refractivity contribution in [3.05, 3.63) is 48.5 Å². The van der Waals surface area contributed by atoms with Crippen molar-refractivity contribution >= 4 is 27.1 Å². The van der Waals surface area contributed by atoms with E-state index in [0.29, 0.717) is 30.8 Å². The summed E-state index contributed by atoms with van der Waals surface area (Å²) in [7, 11) is -3.54. The molecule has 8 heteroatoms. The maximum absolute atomic E-state index is 12.7. The van der Waals surface area contributed by atoms with Crippen LogP contribution in [0.1, 0.15) is 26.7 Å². The number of benzene rings is 2. The van der Waals surface area contributed by atoms with Crippen LogP contribution in [-0.4, -0.2) is 39.6 Å². The van der Waals surface area contributed by atoms with Crippen LogP contribution in [0, 0.1) is 11.8 Å². The zero-order valence-corrected chi connectivity index (χ0v) is 18.8. The summed E-state index contributed by atoms with van der Waals surface area (Å²) >= 11 is 0. The summed E-state index contributed by atoms with van der Waals surface area (Å²) in [6.45, 7) is 6.75. The first-order chi connectivity index (χ1) is 14.9. The fraction of sp³-hybridized carbons (Fsp3) is 0.435. The molecule has 1 aliphatic rings. The number of fused-ring (bicyclic) bond motifs is 1. The molecule has 31 heavy (non-hydrogen) atoms. The molecular formula is C23H29N3O4S. The van der Waals surface area contributed by atoms with Gasteiger partial charge in [-0.25, -0.2) is 13.1 Å². The number of hydrogen-bond acceptors (Lipinski definition) is 6. The minimum absolute atomic E-state index is 0.258. The summed E-state index contributed by atoms with van der Waals surface area (Å²) in [5, 5.41) is 0. The molecule has 1 N–H and O–H groups in total. The summed E-state index contributed by atoms with van der Waals surface area (Å²) in [4.78, 5) is 6.94. The molecule has 0 unspecified atom stereocenters. The third-order valence-corrected chi connectivity index (χ3v) is 6.89. The quantitative estimate of drug-likeness (QED) is 0.565. The van der Waals surface area contributed by atoms with Crippen LogP contribution in [0.15, 0.2) is 57.8 Å². The summed E-state index contributed by atoms with van der Waals surface area (Å²) in [5.41, 5.74) is 1.64. The number of nitrogens with one attached hydrogen (secondary N) is 1. The molecule has 1 aromatic heterocycles. The zero-order chi connectivity index (χ0) is 21.8. The lowest BCUT2D eigenvalue weighted by Gasteiger charge is -2.30. The minimum Gasteiger partial charge on any atom is -0.493 e. The highest BCUT2D eigenvalue weighted by atomic mass is 32.2. The van der Waals surface area contributed by atoms with E-state index in [4.69, 9.17) is 9.15 Å². The third kappa shape index (κ3) is 5.37. The second kappa shape index (κ2) is 9.28. The van der Waals surface area contributed by atoms with Gasteiger partial charge in [-0.15, -0.1) is 0 Å². The molecule has 1 saturated heterocycles. The number of hydrogen-bond donors (Lipinski definition) is 1. The minimum atomic E-state index is -3.54. The highest BCUT2D eigenvalue weighted by molar-refractivity contribution is 7.89. The van der Waals surface area contributed by atoms with Gasteiger partial charge in [-0.3, -0.25) is 0 Å². The lowest BCUT2D eigenvalue weighted by Crippen LogP contribution is -2.38. The van der Waals surface area contributed by atoms with Crippen molar-refractivity contribution in [1.82, 2.24) is 9.71 Å². The van der Waals surface area contributed by atoms with Gasteiger partial charge in [0.25, 0.3) is 6.01 Å². The smallest absolute Gasteiger partial charge is 0.298 e. The normalized spacial score (nSPS) is 15.6. The SMILES string of the molecule is CC(C)COc1ccc(S(=O)(=O)NCC2CCN(c3nc4ccccc4o3)CC2)cc1. The molecule has 1 aliphatic heterocycles. The van der Waals surface area contributed by atoms with E-state index in [0.717, 1.165) is 37.0 Å². The molecule has 2 heterocycles. The molecule has 2 aromatic carbocycles. The van der Waals surface area contributed by atoms with E-state index in [9.17, 15) is 8.42 Å². The molecule has 1 fully saturated rings. The lowest BCUT2D eigenvalue weighted by atomic mass is 9.97. The van der Waals surface area contributed by atoms with Gasteiger partial charge in [0.1, 0.15) is 11.3 Å². The Balaban J connectivity index is 1.28. The fourth-order valence-electron chi connectivity index (χ4n) is 3.61. The van der Waals surface area contributed by atoms with Crippen molar-refractivity contribution in [2.24, 2.45) is 11.8 Å². The molecule has 7 nitrogen and oxygen atoms in total. The van der Waals surface area contributed by atoms with Crippen LogP contribution in [0.2, 0.25) is 0 Å². The van der Waals surface area contributed by atoms with Gasteiger partial charge in [0.2, 0.25) is 10.0 Å². The maximum Gasteiger partial charge on any atom is 0.298 e. The van der Waals surface area contributed by atoms with Crippen LogP contribution < -0.4 is 14.4 Å². The number of sulfonamides is 1. The molecule has 0 bridgehead atoms. The summed E-state index contributed by atoms with van der Waals surface area (Å²) in [6.07, 6.45) is 1.76. The first-order valence-corrected chi connectivity index (χ1v) is 12.2. The van der Waals surface area contributed by atoms with Gasteiger partial charge in [0.15, 0.2) is 5.58 Å². The number of ether oxygens (including phenoxy) is 1. The van der Waals surface area contributed by atoms with Crippen molar-refractivity contribution in [1.29, 1.82) is 0 Å². The molecular weight excluding hydrogens is 414 g/mol. The number of aromatic nitrogens is 1. The largest absolute Gasteiger partial charge is 0.493 e. The topological polar surface area (TPSA) is 84.7 Å². The molecule has 0 atom stereocenters. The predicted molar refractivity (Wildman–Crippen MR) is 121 cm³/mol. The monoisotopic (exact) mass is 443 g/mol. The maximum atomic E-state index is 12.7. The second-order valence-electron chi connectivity index (χ2n) is 8.42. The third-order valence-electron chi connectivity index (χ3n) is 5.45. The Kier molecular flexibility index (Phi) is 6.48. The van der Waals surface area contributed by atoms with Crippen molar-refractivity contribution < 1.29 is 17.6 Å². The van der Waals surface area contributed by atoms with E-state index in [1.165, 1.54) is 0 Å². The number of oxazole rings is 1. The molecule has 4 rings (SSSR count). The molecule has 0 saturated carbocycles. The number of piperidine rings is 1. The lowest BCUT2D eigenvalue weighted by molar-refractivity contribution is 0.271. The van der Waals surface area contributed by atoms with E-state index < -0.39 is 10.0 Å². The number of rotatable bonds is 8. The Morgan fingerprint density at radius 1 is 1.13 bits per heavy atom. The molecule has 0 amide bonds. The Bertz CT molecular complexity index is 1070. The van der Waals surface area contributed by atoms with E-state index in [1.807, 2.05) is 24.3 Å². The van der Waals surface area contributed by atoms with Crippen molar-refractivity contribution in [3.63, 3.8) is 0 Å². The van der Waals surface area contributed by atoms with Crippen LogP contribution in [0.3, 0.4) is 0 Å². The Hall–Kier alpha value is -2.58. The first-order valence-electron chi connectivity index (χ1n) is 10.7. The Morgan fingerprint density at radius 3 is 2.52 bits per heavy atom. The van der Waals surface area contributed by atoms with E-state index in [2.05, 4.69) is 28.5 Å². The van der Waals surface area contributed by atoms with Gasteiger partial charge < -0.3 is 14.1 Å². The Labute approximate surface area is 183 Å². The van der Waals surface area contributed by atoms with E-state index in [1.54, 1.807) is 24.3 Å². The fourth-order valence-corrected chi connectivity index (χ4v) is 4.73. The summed E-state index contributed by atoms with van der Waals surface area (Å²) in [6, 6.07) is 15.0. The summed E-state index contributed by atoms with van der Waals surface area (Å²) in [5.74, 6) is 1.38. The van der Waals surface area contributed by atoms with Crippen LogP contribution in [0.25, 0.3) is 11.1 Å². The van der Waals surface area contributed by atoms with Crippen LogP contribution >= 0.6 is 0 Å². The van der Waals surface area contributed by atoms with Gasteiger partial charge in [-0.05, 0) is 61.1 Å². The number of para-hydroxylation sites is 2. The predicted octanol–water partition coefficient (Wildman–Crippen LogP) is 4.06. The van der Waals surface area contributed by atoms with Crippen molar-refractivity contribution in [3.8, 4) is 5.75 Å². The molecule has 166 valence electrons. The summed E-state index contributed by atoms with van der Waals surface area (Å²) < 4.78 is 39.5. The van der Waals surface area contributed by atoms with Gasteiger partial charge in [0, 0.05) is 19.6 Å². The molecule has 0 aliphatic carbocycles. The highest BCUT2D eigenvalue weighted by Gasteiger charge is 2.24. The average Bonchev–Trinajstić information content (AvgIpc) is 3.21. The van der Waals surface area contributed by atoms with Gasteiger partial charge in [-0.1, -0.05) is 26.0 Å². The van der Waals surface area contributed by atoms with Crippen molar-refractivity contribution in [2.45, 2.75) is 31.6 Å². The molecule has 3 aromatic rings. The highest BCUT2D eigenvalue weighted by Crippen LogP contribution is 2.26. The number of anilines is 1. The van der Waals surface area contributed by atoms with Gasteiger partial charge in [-0.2, -0.15) is 4.98 Å². The number of nitrogens with zero attached hydrogens (tertiary/aromatic N) is 2. The van der Waals surface area contributed by atoms with Gasteiger partial charge >= 0.3 is 0 Å². The second-order valence-corrected chi connectivity index (χ2v) is 10.2. The van der Waals surface area contributed by atoms with Crippen molar-refractivity contribution in [2.75, 3.05) is 31.1 Å². The Morgan fingerprint density at radius 2 is 1.84 bits per heavy atom. The first kappa shape index (κ1) is 21.6. The van der Waals surface area contributed by atoms with Crippen LogP contribution in [-0.2, 0) is 10.0 Å². The van der Waals surface area contributed by atoms with E-state index >= 15 is 0 Å². The van der Waals surface area contributed by atoms with Crippen LogP contribution in [0.5, 0.6) is 5.75 Å². The molecule has 0 spiro atoms. The van der Waals surface area contributed by atoms with Crippen LogP contribution in [0.4, 0.5) is 6.01 Å².